The summed E-state index contributed by atoms with van der Waals surface area (Å²) in [5.74, 6) is 1.00. The van der Waals surface area contributed by atoms with Gasteiger partial charge in [0, 0.05) is 5.70 Å². The van der Waals surface area contributed by atoms with Crippen molar-refractivity contribution in [1.29, 1.82) is 0 Å². The average molecular weight is 750 g/mol. The number of nitrogens with zero attached hydrogens (tertiary/aromatic N) is 1. The number of carbonyl (C=O) groups excluding carboxylic acids is 2. The van der Waals surface area contributed by atoms with Crippen molar-refractivity contribution in [1.82, 2.24) is 16.1 Å². The van der Waals surface area contributed by atoms with Gasteiger partial charge in [-0.05, 0) is 94.4 Å². The Morgan fingerprint density at radius 3 is 2.53 bits per heavy atom. The fourth-order valence-electron chi connectivity index (χ4n) is 3.67. The molecule has 0 saturated heterocycles. The third-order valence-corrected chi connectivity index (χ3v) is 6.94. The van der Waals surface area contributed by atoms with Crippen LogP contribution in [0, 0.1) is 7.14 Å². The monoisotopic (exact) mass is 750 g/mol. The number of benzene rings is 2. The average Bonchev–Trinajstić information content (AvgIpc) is 2.87. The third-order valence-electron chi connectivity index (χ3n) is 5.33. The summed E-state index contributed by atoms with van der Waals surface area (Å²) in [5, 5.41) is 19.7. The highest BCUT2D eigenvalue weighted by atomic mass is 127. The first-order chi connectivity index (χ1) is 18.2. The Morgan fingerprint density at radius 1 is 1.18 bits per heavy atom. The van der Waals surface area contributed by atoms with Gasteiger partial charge in [-0.2, -0.15) is 5.10 Å². The summed E-state index contributed by atoms with van der Waals surface area (Å²) in [7, 11) is 2.90. The molecule has 0 aromatic heterocycles. The molecule has 11 nitrogen and oxygen atoms in total. The van der Waals surface area contributed by atoms with E-state index in [1.807, 2.05) is 19.1 Å². The van der Waals surface area contributed by atoms with Crippen molar-refractivity contribution in [3.63, 3.8) is 0 Å². The number of carbonyl (C=O) groups is 2. The Kier molecular flexibility index (Phi) is 10.8. The number of nitrogens with one attached hydrogen (secondary N) is 3. The maximum atomic E-state index is 12.4. The lowest BCUT2D eigenvalue weighted by atomic mass is 9.95. The Morgan fingerprint density at radius 2 is 1.89 bits per heavy atom. The lowest BCUT2D eigenvalue weighted by molar-refractivity contribution is -0.136. The topological polar surface area (TPSA) is 140 Å². The lowest BCUT2D eigenvalue weighted by Gasteiger charge is -2.28. The Balaban J connectivity index is 1.70. The van der Waals surface area contributed by atoms with Crippen LogP contribution in [0.2, 0.25) is 0 Å². The molecular weight excluding hydrogens is 722 g/mol. The van der Waals surface area contributed by atoms with Gasteiger partial charge in [0.15, 0.2) is 17.7 Å². The zero-order valence-corrected chi connectivity index (χ0v) is 25.4. The van der Waals surface area contributed by atoms with Crippen molar-refractivity contribution in [3.05, 3.63) is 59.9 Å². The first-order valence-corrected chi connectivity index (χ1v) is 13.6. The van der Waals surface area contributed by atoms with Gasteiger partial charge in [-0.25, -0.2) is 9.59 Å². The molecule has 0 bridgehead atoms. The number of urea groups is 1. The van der Waals surface area contributed by atoms with E-state index in [0.29, 0.717) is 29.4 Å². The molecule has 2 atom stereocenters. The number of halogens is 2. The summed E-state index contributed by atoms with van der Waals surface area (Å²) >= 11 is 4.38. The molecule has 1 aliphatic rings. The van der Waals surface area contributed by atoms with E-state index >= 15 is 0 Å². The second-order valence-electron chi connectivity index (χ2n) is 7.93. The van der Waals surface area contributed by atoms with Crippen molar-refractivity contribution < 1.29 is 33.6 Å². The highest BCUT2D eigenvalue weighted by molar-refractivity contribution is 14.1. The van der Waals surface area contributed by atoms with Crippen molar-refractivity contribution in [2.24, 2.45) is 5.10 Å². The molecule has 0 unspecified atom stereocenters. The molecule has 1 heterocycles. The molecule has 0 saturated carbocycles. The number of rotatable bonds is 11. The number of ether oxygens (including phenoxy) is 4. The second kappa shape index (κ2) is 13.8. The predicted molar refractivity (Wildman–Crippen MR) is 157 cm³/mol. The van der Waals surface area contributed by atoms with E-state index in [0.717, 1.165) is 18.5 Å². The molecule has 4 N–H and O–H groups in total. The molecule has 13 heteroatoms. The normalized spacial score (nSPS) is 16.0. The summed E-state index contributed by atoms with van der Waals surface area (Å²) in [6.07, 6.45) is 0.492. The minimum atomic E-state index is -1.10. The molecular formula is C25H28I2N4O7. The molecule has 0 radical (unpaired) electrons. The van der Waals surface area contributed by atoms with Crippen LogP contribution in [-0.2, 0) is 9.53 Å². The number of allylic oxidation sites excluding steroid dienone is 1. The van der Waals surface area contributed by atoms with Crippen molar-refractivity contribution in [2.75, 3.05) is 27.4 Å². The molecule has 0 spiro atoms. The number of hydrazone groups is 1. The van der Waals surface area contributed by atoms with Crippen molar-refractivity contribution in [2.45, 2.75) is 26.1 Å². The molecule has 204 valence electrons. The Hall–Kier alpha value is -2.79. The fourth-order valence-corrected chi connectivity index (χ4v) is 5.93. The molecule has 38 heavy (non-hydrogen) atoms. The minimum Gasteiger partial charge on any atom is -0.495 e. The Bertz CT molecular complexity index is 1230. The quantitative estimate of drug-likeness (QED) is 0.0902. The molecule has 2 aromatic rings. The van der Waals surface area contributed by atoms with Crippen LogP contribution in [-0.4, -0.2) is 57.0 Å². The van der Waals surface area contributed by atoms with Gasteiger partial charge < -0.3 is 34.7 Å². The summed E-state index contributed by atoms with van der Waals surface area (Å²) in [6.45, 7) is 3.68. The number of amides is 2. The van der Waals surface area contributed by atoms with E-state index in [-0.39, 0.29) is 12.2 Å². The summed E-state index contributed by atoms with van der Waals surface area (Å²) in [5.41, 5.74) is 4.75. The summed E-state index contributed by atoms with van der Waals surface area (Å²) in [6, 6.07) is 7.68. The largest absolute Gasteiger partial charge is 0.495 e. The van der Waals surface area contributed by atoms with Crippen LogP contribution in [0.25, 0.3) is 0 Å². The maximum Gasteiger partial charge on any atom is 0.337 e. The van der Waals surface area contributed by atoms with E-state index in [2.05, 4.69) is 66.3 Å². The molecule has 0 aliphatic carbocycles. The van der Waals surface area contributed by atoms with Crippen LogP contribution < -0.4 is 30.3 Å². The van der Waals surface area contributed by atoms with Gasteiger partial charge >= 0.3 is 12.0 Å². The zero-order chi connectivity index (χ0) is 27.8. The van der Waals surface area contributed by atoms with Gasteiger partial charge in [-0.1, -0.05) is 6.07 Å². The minimum absolute atomic E-state index is 0.120. The standard InChI is InChI=1S/C25H28I2N4O7/c1-5-37-19-10-15(22-21(24(33)36-4)13(2)29-25(34)30-22)6-7-18(19)38-12-20(32)31-28-11-14-8-16(26)23(35-3)17(27)9-14/h6-11,20,22,31-32H,5,12H2,1-4H3,(H2,29,30,34)/b28-11-/t20-,22-/m1/s1. The second-order valence-corrected chi connectivity index (χ2v) is 10.3. The predicted octanol–water partition coefficient (Wildman–Crippen LogP) is 3.42. The summed E-state index contributed by atoms with van der Waals surface area (Å²) in [4.78, 5) is 24.5. The van der Waals surface area contributed by atoms with E-state index in [9.17, 15) is 14.7 Å². The highest BCUT2D eigenvalue weighted by Crippen LogP contribution is 2.35. The third kappa shape index (κ3) is 7.41. The molecule has 2 amide bonds. The van der Waals surface area contributed by atoms with Gasteiger partial charge in [0.25, 0.3) is 0 Å². The number of aliphatic hydroxyl groups excluding tert-OH is 1. The summed E-state index contributed by atoms with van der Waals surface area (Å²) < 4.78 is 23.7. The van der Waals surface area contributed by atoms with Gasteiger partial charge in [-0.3, -0.25) is 5.43 Å². The lowest BCUT2D eigenvalue weighted by Crippen LogP contribution is -2.45. The molecule has 0 fully saturated rings. The molecule has 1 aliphatic heterocycles. The number of methoxy groups -OCH3 is 2. The van der Waals surface area contributed by atoms with Crippen LogP contribution >= 0.6 is 45.2 Å². The maximum absolute atomic E-state index is 12.4. The Labute approximate surface area is 247 Å². The van der Waals surface area contributed by atoms with Crippen LogP contribution in [0.15, 0.2) is 46.7 Å². The van der Waals surface area contributed by atoms with E-state index in [1.165, 1.54) is 7.11 Å². The molecule has 2 aromatic carbocycles. The van der Waals surface area contributed by atoms with Gasteiger partial charge in [-0.15, -0.1) is 0 Å². The fraction of sp³-hybridized carbons (Fsp3) is 0.320. The highest BCUT2D eigenvalue weighted by Gasteiger charge is 2.32. The van der Waals surface area contributed by atoms with Crippen LogP contribution in [0.1, 0.15) is 31.0 Å². The van der Waals surface area contributed by atoms with Crippen molar-refractivity contribution >= 4 is 63.4 Å². The van der Waals surface area contributed by atoms with E-state index in [4.69, 9.17) is 18.9 Å². The number of aliphatic hydroxyl groups is 1. The van der Waals surface area contributed by atoms with Gasteiger partial charge in [0.05, 0.1) is 45.8 Å². The number of hydrogen-bond acceptors (Lipinski definition) is 9. The SMILES string of the molecule is CCOc1cc([C@H]2NC(=O)NC(C)=C2C(=O)OC)ccc1OC[C@@H](O)N/N=C\c1cc(I)c(OC)c(I)c1. The van der Waals surface area contributed by atoms with Crippen LogP contribution in [0.4, 0.5) is 4.79 Å². The first kappa shape index (κ1) is 29.8. The van der Waals surface area contributed by atoms with E-state index in [1.54, 1.807) is 38.4 Å². The number of hydrogen-bond donors (Lipinski definition) is 4. The first-order valence-electron chi connectivity index (χ1n) is 11.4. The zero-order valence-electron chi connectivity index (χ0n) is 21.1. The smallest absolute Gasteiger partial charge is 0.337 e. The van der Waals surface area contributed by atoms with Crippen LogP contribution in [0.3, 0.4) is 0 Å². The van der Waals surface area contributed by atoms with Crippen LogP contribution in [0.5, 0.6) is 17.2 Å². The van der Waals surface area contributed by atoms with Gasteiger partial charge in [0.2, 0.25) is 0 Å². The molecule has 3 rings (SSSR count). The van der Waals surface area contributed by atoms with Crippen molar-refractivity contribution in [3.8, 4) is 17.2 Å². The number of esters is 1. The van der Waals surface area contributed by atoms with Gasteiger partial charge in [0.1, 0.15) is 12.4 Å². The van der Waals surface area contributed by atoms with E-state index < -0.39 is 24.3 Å².